The summed E-state index contributed by atoms with van der Waals surface area (Å²) in [4.78, 5) is 2.42. The van der Waals surface area contributed by atoms with E-state index in [1.165, 1.54) is 12.8 Å². The molecular formula is C12H21N3O. The standard InChI is InChI=1S/C12H21N3O/c1-10(14)11-8-15(6-7-16-11)9-12(2-3-12)4-5-13/h10-11H,2-4,6-9,14H2,1H3. The van der Waals surface area contributed by atoms with Gasteiger partial charge in [-0.25, -0.2) is 0 Å². The van der Waals surface area contributed by atoms with Gasteiger partial charge in [0.1, 0.15) is 0 Å². The lowest BCUT2D eigenvalue weighted by Gasteiger charge is -2.36. The van der Waals surface area contributed by atoms with E-state index in [2.05, 4.69) is 11.0 Å². The Morgan fingerprint density at radius 3 is 2.94 bits per heavy atom. The molecule has 4 heteroatoms. The highest BCUT2D eigenvalue weighted by atomic mass is 16.5. The Hall–Kier alpha value is -0.630. The second-order valence-corrected chi connectivity index (χ2v) is 5.34. The molecule has 1 heterocycles. The fourth-order valence-corrected chi connectivity index (χ4v) is 2.40. The molecule has 2 atom stereocenters. The first kappa shape index (κ1) is 11.8. The molecule has 4 nitrogen and oxygen atoms in total. The number of hydrogen-bond acceptors (Lipinski definition) is 4. The van der Waals surface area contributed by atoms with E-state index < -0.39 is 0 Å². The van der Waals surface area contributed by atoms with Gasteiger partial charge < -0.3 is 10.5 Å². The van der Waals surface area contributed by atoms with Crippen molar-refractivity contribution in [3.63, 3.8) is 0 Å². The van der Waals surface area contributed by atoms with Gasteiger partial charge in [0.2, 0.25) is 0 Å². The molecule has 1 saturated carbocycles. The Morgan fingerprint density at radius 1 is 1.62 bits per heavy atom. The largest absolute Gasteiger partial charge is 0.374 e. The maximum Gasteiger partial charge on any atom is 0.0850 e. The molecule has 0 aromatic rings. The van der Waals surface area contributed by atoms with Crippen molar-refractivity contribution in [1.82, 2.24) is 4.90 Å². The van der Waals surface area contributed by atoms with E-state index in [9.17, 15) is 0 Å². The van der Waals surface area contributed by atoms with E-state index in [-0.39, 0.29) is 12.1 Å². The van der Waals surface area contributed by atoms with Gasteiger partial charge in [-0.3, -0.25) is 4.90 Å². The molecule has 16 heavy (non-hydrogen) atoms. The van der Waals surface area contributed by atoms with Crippen molar-refractivity contribution in [1.29, 1.82) is 5.26 Å². The molecule has 2 N–H and O–H groups in total. The van der Waals surface area contributed by atoms with E-state index in [1.807, 2.05) is 6.92 Å². The Morgan fingerprint density at radius 2 is 2.38 bits per heavy atom. The highest BCUT2D eigenvalue weighted by Crippen LogP contribution is 2.49. The molecule has 0 aromatic carbocycles. The predicted molar refractivity (Wildman–Crippen MR) is 61.7 cm³/mol. The number of nitrogens with two attached hydrogens (primary N) is 1. The fraction of sp³-hybridized carbons (Fsp3) is 0.917. The van der Waals surface area contributed by atoms with E-state index in [0.29, 0.717) is 11.8 Å². The Kier molecular flexibility index (Phi) is 3.48. The minimum atomic E-state index is 0.0916. The van der Waals surface area contributed by atoms with E-state index in [0.717, 1.165) is 26.2 Å². The minimum absolute atomic E-state index is 0.0916. The third-order valence-corrected chi connectivity index (χ3v) is 3.73. The van der Waals surface area contributed by atoms with Crippen LogP contribution in [-0.4, -0.2) is 43.3 Å². The summed E-state index contributed by atoms with van der Waals surface area (Å²) in [5.41, 5.74) is 6.16. The summed E-state index contributed by atoms with van der Waals surface area (Å²) in [5.74, 6) is 0. The second-order valence-electron chi connectivity index (χ2n) is 5.34. The zero-order valence-corrected chi connectivity index (χ0v) is 9.98. The molecule has 0 radical (unpaired) electrons. The van der Waals surface area contributed by atoms with E-state index in [1.54, 1.807) is 0 Å². The summed E-state index contributed by atoms with van der Waals surface area (Å²) in [5, 5.41) is 8.80. The molecule has 1 saturated heterocycles. The highest BCUT2D eigenvalue weighted by Gasteiger charge is 2.44. The molecule has 0 bridgehead atoms. The Bertz CT molecular complexity index is 280. The lowest BCUT2D eigenvalue weighted by Crippen LogP contribution is -2.50. The van der Waals surface area contributed by atoms with Crippen LogP contribution in [0.4, 0.5) is 0 Å². The summed E-state index contributed by atoms with van der Waals surface area (Å²) in [6.45, 7) is 5.72. The number of ether oxygens (including phenoxy) is 1. The van der Waals surface area contributed by atoms with Crippen molar-refractivity contribution < 1.29 is 4.74 Å². The number of nitriles is 1. The fourth-order valence-electron chi connectivity index (χ4n) is 2.40. The van der Waals surface area contributed by atoms with Crippen LogP contribution < -0.4 is 5.73 Å². The maximum absolute atomic E-state index is 8.80. The maximum atomic E-state index is 8.80. The number of rotatable bonds is 4. The minimum Gasteiger partial charge on any atom is -0.374 e. The van der Waals surface area contributed by atoms with Crippen LogP contribution in [0.3, 0.4) is 0 Å². The SMILES string of the molecule is CC(N)C1CN(CC2(CC#N)CC2)CCO1. The van der Waals surface area contributed by atoms with Crippen LogP contribution in [0, 0.1) is 16.7 Å². The quantitative estimate of drug-likeness (QED) is 0.763. The first-order valence-corrected chi connectivity index (χ1v) is 6.12. The third kappa shape index (κ3) is 2.73. The molecule has 1 aliphatic carbocycles. The lowest BCUT2D eigenvalue weighted by molar-refractivity contribution is -0.0429. The summed E-state index contributed by atoms with van der Waals surface area (Å²) in [6, 6.07) is 2.40. The molecule has 1 aliphatic heterocycles. The van der Waals surface area contributed by atoms with Gasteiger partial charge in [0.05, 0.1) is 18.8 Å². The van der Waals surface area contributed by atoms with Crippen LogP contribution in [0.15, 0.2) is 0 Å². The molecule has 0 amide bonds. The first-order valence-electron chi connectivity index (χ1n) is 6.12. The number of hydrogen-bond donors (Lipinski definition) is 1. The molecule has 0 aromatic heterocycles. The average Bonchev–Trinajstić information content (AvgIpc) is 2.99. The highest BCUT2D eigenvalue weighted by molar-refractivity contribution is 5.01. The zero-order chi connectivity index (χ0) is 11.6. The molecule has 90 valence electrons. The van der Waals surface area contributed by atoms with Crippen LogP contribution in [0.2, 0.25) is 0 Å². The Balaban J connectivity index is 1.84. The van der Waals surface area contributed by atoms with Gasteiger partial charge in [-0.2, -0.15) is 5.26 Å². The summed E-state index contributed by atoms with van der Waals surface area (Å²) in [7, 11) is 0. The van der Waals surface area contributed by atoms with Crippen molar-refractivity contribution in [2.45, 2.75) is 38.3 Å². The zero-order valence-electron chi connectivity index (χ0n) is 9.98. The van der Waals surface area contributed by atoms with Crippen LogP contribution >= 0.6 is 0 Å². The monoisotopic (exact) mass is 223 g/mol. The predicted octanol–water partition coefficient (Wildman–Crippen LogP) is 0.728. The van der Waals surface area contributed by atoms with Crippen LogP contribution in [0.25, 0.3) is 0 Å². The van der Waals surface area contributed by atoms with Gasteiger partial charge in [-0.1, -0.05) is 0 Å². The summed E-state index contributed by atoms with van der Waals surface area (Å²) >= 11 is 0. The third-order valence-electron chi connectivity index (χ3n) is 3.73. The van der Waals surface area contributed by atoms with Crippen LogP contribution in [-0.2, 0) is 4.74 Å². The molecule has 2 unspecified atom stereocenters. The van der Waals surface area contributed by atoms with Crippen molar-refractivity contribution >= 4 is 0 Å². The van der Waals surface area contributed by atoms with Crippen molar-refractivity contribution in [2.75, 3.05) is 26.2 Å². The van der Waals surface area contributed by atoms with Gasteiger partial charge in [0.15, 0.2) is 0 Å². The number of nitrogens with zero attached hydrogens (tertiary/aromatic N) is 2. The van der Waals surface area contributed by atoms with Crippen molar-refractivity contribution in [3.05, 3.63) is 0 Å². The molecule has 2 aliphatic rings. The first-order chi connectivity index (χ1) is 7.65. The lowest BCUT2D eigenvalue weighted by atomic mass is 10.0. The van der Waals surface area contributed by atoms with Crippen LogP contribution in [0.1, 0.15) is 26.2 Å². The van der Waals surface area contributed by atoms with Crippen molar-refractivity contribution in [3.8, 4) is 6.07 Å². The smallest absolute Gasteiger partial charge is 0.0850 e. The van der Waals surface area contributed by atoms with Gasteiger partial charge in [-0.15, -0.1) is 0 Å². The van der Waals surface area contributed by atoms with Gasteiger partial charge >= 0.3 is 0 Å². The van der Waals surface area contributed by atoms with E-state index in [4.69, 9.17) is 15.7 Å². The molecule has 0 spiro atoms. The van der Waals surface area contributed by atoms with Crippen LogP contribution in [0.5, 0.6) is 0 Å². The average molecular weight is 223 g/mol. The normalized spacial score (nSPS) is 30.7. The summed E-state index contributed by atoms with van der Waals surface area (Å²) < 4.78 is 5.63. The summed E-state index contributed by atoms with van der Waals surface area (Å²) in [6.07, 6.45) is 3.28. The molecular weight excluding hydrogens is 202 g/mol. The number of morpholine rings is 1. The molecule has 2 fully saturated rings. The van der Waals surface area contributed by atoms with Crippen molar-refractivity contribution in [2.24, 2.45) is 11.1 Å². The van der Waals surface area contributed by atoms with Gasteiger partial charge in [0.25, 0.3) is 0 Å². The van der Waals surface area contributed by atoms with Gasteiger partial charge in [0, 0.05) is 32.1 Å². The van der Waals surface area contributed by atoms with Gasteiger partial charge in [-0.05, 0) is 25.2 Å². The Labute approximate surface area is 97.3 Å². The van der Waals surface area contributed by atoms with E-state index >= 15 is 0 Å². The topological polar surface area (TPSA) is 62.3 Å². The second kappa shape index (κ2) is 4.70. The molecule has 2 rings (SSSR count).